The highest BCUT2D eigenvalue weighted by molar-refractivity contribution is 5.81. The van der Waals surface area contributed by atoms with Gasteiger partial charge in [-0.3, -0.25) is 15.0 Å². The first-order valence-electron chi connectivity index (χ1n) is 9.54. The number of carboxylic acid groups (broad SMARTS) is 1. The van der Waals surface area contributed by atoms with Gasteiger partial charge in [-0.15, -0.1) is 0 Å². The number of benzene rings is 3. The lowest BCUT2D eigenvalue weighted by Crippen LogP contribution is -2.73. The molecular formula is C24H24N2O2. The highest BCUT2D eigenvalue weighted by atomic mass is 16.4. The molecule has 1 heterocycles. The number of likely N-dealkylation sites (tertiary alicyclic amines) is 1. The Bertz CT molecular complexity index is 868. The number of aliphatic carboxylic acids is 1. The second-order valence-electron chi connectivity index (χ2n) is 7.36. The van der Waals surface area contributed by atoms with Gasteiger partial charge in [0.15, 0.2) is 0 Å². The molecule has 0 saturated carbocycles. The zero-order valence-electron chi connectivity index (χ0n) is 15.7. The topological polar surface area (TPSA) is 52.6 Å². The molecule has 3 aromatic rings. The zero-order valence-corrected chi connectivity index (χ0v) is 15.7. The fourth-order valence-corrected chi connectivity index (χ4v) is 3.90. The summed E-state index contributed by atoms with van der Waals surface area (Å²) in [5.41, 5.74) is 2.52. The summed E-state index contributed by atoms with van der Waals surface area (Å²) in [7, 11) is 0. The summed E-state index contributed by atoms with van der Waals surface area (Å²) in [5.74, 6) is -0.792. The average Bonchev–Trinajstić information content (AvgIpc) is 2.71. The molecule has 4 heteroatoms. The first-order chi connectivity index (χ1) is 13.7. The van der Waals surface area contributed by atoms with Crippen LogP contribution in [0.25, 0.3) is 0 Å². The van der Waals surface area contributed by atoms with Crippen LogP contribution < -0.4 is 5.32 Å². The summed E-state index contributed by atoms with van der Waals surface area (Å²) < 4.78 is 0. The number of carbonyl (C=O) groups is 1. The van der Waals surface area contributed by atoms with Crippen molar-refractivity contribution >= 4 is 5.97 Å². The van der Waals surface area contributed by atoms with E-state index in [0.29, 0.717) is 19.6 Å². The van der Waals surface area contributed by atoms with E-state index in [1.165, 1.54) is 11.1 Å². The van der Waals surface area contributed by atoms with E-state index in [1.54, 1.807) is 0 Å². The summed E-state index contributed by atoms with van der Waals surface area (Å²) in [6, 6.07) is 30.5. The number of rotatable bonds is 7. The molecule has 0 aromatic heterocycles. The minimum absolute atomic E-state index is 0.0494. The maximum Gasteiger partial charge on any atom is 0.326 e. The Morgan fingerprint density at radius 3 is 1.79 bits per heavy atom. The first-order valence-corrected chi connectivity index (χ1v) is 9.54. The van der Waals surface area contributed by atoms with Gasteiger partial charge < -0.3 is 5.11 Å². The van der Waals surface area contributed by atoms with Crippen LogP contribution in [0.15, 0.2) is 91.0 Å². The van der Waals surface area contributed by atoms with Crippen molar-refractivity contribution in [3.8, 4) is 0 Å². The van der Waals surface area contributed by atoms with Gasteiger partial charge in [0, 0.05) is 19.6 Å². The second-order valence-corrected chi connectivity index (χ2v) is 7.36. The summed E-state index contributed by atoms with van der Waals surface area (Å²) in [6.07, 6.45) is 0. The van der Waals surface area contributed by atoms with E-state index in [-0.39, 0.29) is 6.04 Å². The van der Waals surface area contributed by atoms with Crippen LogP contribution in [0.4, 0.5) is 0 Å². The zero-order chi connectivity index (χ0) is 19.4. The van der Waals surface area contributed by atoms with Crippen molar-refractivity contribution in [1.82, 2.24) is 10.2 Å². The number of hydrogen-bond acceptors (Lipinski definition) is 3. The van der Waals surface area contributed by atoms with Crippen LogP contribution in [0, 0.1) is 0 Å². The molecule has 0 unspecified atom stereocenters. The van der Waals surface area contributed by atoms with Crippen molar-refractivity contribution in [2.45, 2.75) is 18.1 Å². The fraction of sp³-hybridized carbons (Fsp3) is 0.208. The van der Waals surface area contributed by atoms with Crippen LogP contribution >= 0.6 is 0 Å². The molecule has 1 aliphatic rings. The fourth-order valence-electron chi connectivity index (χ4n) is 3.90. The molecule has 0 atom stereocenters. The molecule has 0 radical (unpaired) electrons. The van der Waals surface area contributed by atoms with Gasteiger partial charge >= 0.3 is 5.97 Å². The Morgan fingerprint density at radius 2 is 1.32 bits per heavy atom. The molecule has 0 aliphatic carbocycles. The Kier molecular flexibility index (Phi) is 5.24. The van der Waals surface area contributed by atoms with Gasteiger partial charge in [-0.05, 0) is 16.7 Å². The largest absolute Gasteiger partial charge is 0.480 e. The lowest BCUT2D eigenvalue weighted by Gasteiger charge is -2.51. The van der Waals surface area contributed by atoms with Gasteiger partial charge in [0.25, 0.3) is 0 Å². The molecule has 4 nitrogen and oxygen atoms in total. The predicted octanol–water partition coefficient (Wildman–Crippen LogP) is 3.70. The third-order valence-corrected chi connectivity index (χ3v) is 5.42. The molecule has 28 heavy (non-hydrogen) atoms. The van der Waals surface area contributed by atoms with Gasteiger partial charge in [0.05, 0.1) is 6.04 Å². The van der Waals surface area contributed by atoms with Crippen LogP contribution in [0.3, 0.4) is 0 Å². The van der Waals surface area contributed by atoms with Crippen LogP contribution in [-0.4, -0.2) is 34.6 Å². The second kappa shape index (κ2) is 7.97. The van der Waals surface area contributed by atoms with Gasteiger partial charge in [0.2, 0.25) is 0 Å². The highest BCUT2D eigenvalue weighted by Gasteiger charge is 2.51. The standard InChI is InChI=1S/C24H24N2O2/c27-23(28)24(25-16-19-10-4-1-5-11-19)17-26(18-24)22(20-12-6-2-7-13-20)21-14-8-3-9-15-21/h1-15,22,25H,16-18H2,(H,27,28). The van der Waals surface area contributed by atoms with Crippen LogP contribution in [0.1, 0.15) is 22.7 Å². The summed E-state index contributed by atoms with van der Waals surface area (Å²) in [4.78, 5) is 14.3. The lowest BCUT2D eigenvalue weighted by atomic mass is 9.84. The molecule has 0 bridgehead atoms. The normalized spacial score (nSPS) is 15.9. The van der Waals surface area contributed by atoms with Crippen molar-refractivity contribution in [2.75, 3.05) is 13.1 Å². The molecule has 0 amide bonds. The minimum atomic E-state index is -0.919. The SMILES string of the molecule is O=C(O)C1(NCc2ccccc2)CN(C(c2ccccc2)c2ccccc2)C1. The molecule has 4 rings (SSSR count). The predicted molar refractivity (Wildman–Crippen MR) is 110 cm³/mol. The first kappa shape index (κ1) is 18.4. The third kappa shape index (κ3) is 3.70. The maximum absolute atomic E-state index is 12.1. The molecular weight excluding hydrogens is 348 g/mol. The van der Waals surface area contributed by atoms with Gasteiger partial charge in [-0.2, -0.15) is 0 Å². The smallest absolute Gasteiger partial charge is 0.326 e. The van der Waals surface area contributed by atoms with Crippen molar-refractivity contribution in [3.05, 3.63) is 108 Å². The van der Waals surface area contributed by atoms with E-state index in [0.717, 1.165) is 5.56 Å². The maximum atomic E-state index is 12.1. The molecule has 142 valence electrons. The number of nitrogens with zero attached hydrogens (tertiary/aromatic N) is 1. The van der Waals surface area contributed by atoms with E-state index in [2.05, 4.69) is 34.5 Å². The van der Waals surface area contributed by atoms with E-state index < -0.39 is 11.5 Å². The van der Waals surface area contributed by atoms with Crippen LogP contribution in [0.2, 0.25) is 0 Å². The van der Waals surface area contributed by atoms with E-state index >= 15 is 0 Å². The molecule has 1 aliphatic heterocycles. The van der Waals surface area contributed by atoms with Gasteiger partial charge in [-0.1, -0.05) is 91.0 Å². The lowest BCUT2D eigenvalue weighted by molar-refractivity contribution is -0.154. The Hall–Kier alpha value is -2.95. The molecule has 0 spiro atoms. The molecule has 3 aromatic carbocycles. The van der Waals surface area contributed by atoms with Crippen LogP contribution in [0.5, 0.6) is 0 Å². The monoisotopic (exact) mass is 372 g/mol. The minimum Gasteiger partial charge on any atom is -0.480 e. The molecule has 1 fully saturated rings. The Morgan fingerprint density at radius 1 is 0.857 bits per heavy atom. The van der Waals surface area contributed by atoms with Crippen molar-refractivity contribution in [2.24, 2.45) is 0 Å². The van der Waals surface area contributed by atoms with E-state index in [1.807, 2.05) is 66.7 Å². The number of hydrogen-bond donors (Lipinski definition) is 2. The van der Waals surface area contributed by atoms with Crippen molar-refractivity contribution in [3.63, 3.8) is 0 Å². The molecule has 1 saturated heterocycles. The van der Waals surface area contributed by atoms with Crippen LogP contribution in [-0.2, 0) is 11.3 Å². The number of carboxylic acids is 1. The third-order valence-electron chi connectivity index (χ3n) is 5.42. The van der Waals surface area contributed by atoms with Crippen molar-refractivity contribution in [1.29, 1.82) is 0 Å². The highest BCUT2D eigenvalue weighted by Crippen LogP contribution is 2.36. The van der Waals surface area contributed by atoms with Gasteiger partial charge in [0.1, 0.15) is 5.54 Å². The summed E-state index contributed by atoms with van der Waals surface area (Å²) >= 11 is 0. The number of nitrogens with one attached hydrogen (secondary N) is 1. The average molecular weight is 372 g/mol. The van der Waals surface area contributed by atoms with Crippen molar-refractivity contribution < 1.29 is 9.90 Å². The van der Waals surface area contributed by atoms with E-state index in [9.17, 15) is 9.90 Å². The Balaban J connectivity index is 1.54. The van der Waals surface area contributed by atoms with Gasteiger partial charge in [-0.25, -0.2) is 0 Å². The summed E-state index contributed by atoms with van der Waals surface area (Å²) in [6.45, 7) is 1.47. The quantitative estimate of drug-likeness (QED) is 0.664. The Labute approximate surface area is 165 Å². The summed E-state index contributed by atoms with van der Waals surface area (Å²) in [5, 5.41) is 13.2. The molecule has 2 N–H and O–H groups in total. The van der Waals surface area contributed by atoms with E-state index in [4.69, 9.17) is 0 Å².